The van der Waals surface area contributed by atoms with Gasteiger partial charge in [0.1, 0.15) is 0 Å². The zero-order valence-corrected chi connectivity index (χ0v) is 17.2. The van der Waals surface area contributed by atoms with Crippen molar-refractivity contribution in [3.63, 3.8) is 0 Å². The highest BCUT2D eigenvalue weighted by atomic mass is 32.2. The third-order valence-corrected chi connectivity index (χ3v) is 6.75. The number of ether oxygens (including phenoxy) is 1. The summed E-state index contributed by atoms with van der Waals surface area (Å²) >= 11 is 0. The second kappa shape index (κ2) is 7.91. The maximum Gasteiger partial charge on any atom is 0.315 e. The van der Waals surface area contributed by atoms with E-state index in [2.05, 4.69) is 0 Å². The van der Waals surface area contributed by atoms with Crippen molar-refractivity contribution in [2.75, 3.05) is 5.75 Å². The lowest BCUT2D eigenvalue weighted by Gasteiger charge is -2.25. The molecule has 6 nitrogen and oxygen atoms in total. The summed E-state index contributed by atoms with van der Waals surface area (Å²) in [6, 6.07) is 9.73. The molecule has 150 valence electrons. The Morgan fingerprint density at radius 1 is 1.18 bits per heavy atom. The molecule has 2 aromatic rings. The van der Waals surface area contributed by atoms with E-state index < -0.39 is 15.8 Å². The van der Waals surface area contributed by atoms with Crippen LogP contribution in [0.1, 0.15) is 61.3 Å². The Morgan fingerprint density at radius 3 is 2.57 bits per heavy atom. The number of aromatic nitrogens is 1. The lowest BCUT2D eigenvalue weighted by atomic mass is 9.96. The number of hydrogen-bond donors (Lipinski definition) is 0. The number of ketones is 1. The van der Waals surface area contributed by atoms with Crippen LogP contribution in [0.4, 0.5) is 0 Å². The van der Waals surface area contributed by atoms with Gasteiger partial charge in [-0.2, -0.15) is 0 Å². The van der Waals surface area contributed by atoms with Gasteiger partial charge in [0.15, 0.2) is 9.84 Å². The number of fused-ring (bicyclic) bond motifs is 1. The van der Waals surface area contributed by atoms with Gasteiger partial charge in [0.25, 0.3) is 0 Å². The lowest BCUT2D eigenvalue weighted by Crippen LogP contribution is -2.27. The Morgan fingerprint density at radius 2 is 1.89 bits per heavy atom. The minimum Gasteiger partial charge on any atom is -0.462 e. The highest BCUT2D eigenvalue weighted by molar-refractivity contribution is 7.91. The molecule has 1 unspecified atom stereocenters. The number of carbonyl (C=O) groups is 2. The Balaban J connectivity index is 2.01. The summed E-state index contributed by atoms with van der Waals surface area (Å²) in [5.41, 5.74) is 1.31. The largest absolute Gasteiger partial charge is 0.462 e. The molecular weight excluding hydrogens is 378 g/mol. The van der Waals surface area contributed by atoms with Crippen LogP contribution in [-0.2, 0) is 25.9 Å². The molecule has 0 aliphatic carbocycles. The fraction of sp³-hybridized carbons (Fsp3) is 0.429. The number of hydrogen-bond acceptors (Lipinski definition) is 5. The molecule has 0 fully saturated rings. The molecule has 0 spiro atoms. The molecule has 0 saturated carbocycles. The maximum atomic E-state index is 13.2. The topological polar surface area (TPSA) is 82.4 Å². The van der Waals surface area contributed by atoms with E-state index in [1.807, 2.05) is 4.57 Å². The van der Waals surface area contributed by atoms with Crippen LogP contribution in [0, 0.1) is 0 Å². The van der Waals surface area contributed by atoms with Gasteiger partial charge in [0, 0.05) is 17.8 Å². The summed E-state index contributed by atoms with van der Waals surface area (Å²) < 4.78 is 32.0. The predicted molar refractivity (Wildman–Crippen MR) is 105 cm³/mol. The van der Waals surface area contributed by atoms with Crippen molar-refractivity contribution in [2.45, 2.75) is 57.1 Å². The highest BCUT2D eigenvalue weighted by Crippen LogP contribution is 2.32. The van der Waals surface area contributed by atoms with E-state index in [0.717, 1.165) is 12.1 Å². The molecule has 7 heteroatoms. The number of carbonyl (C=O) groups excluding carboxylic acids is 2. The highest BCUT2D eigenvalue weighted by Gasteiger charge is 2.32. The van der Waals surface area contributed by atoms with Crippen molar-refractivity contribution in [3.05, 3.63) is 53.3 Å². The number of benzene rings is 1. The normalized spacial score (nSPS) is 16.6. The molecule has 1 aromatic heterocycles. The van der Waals surface area contributed by atoms with Gasteiger partial charge < -0.3 is 9.30 Å². The van der Waals surface area contributed by atoms with E-state index in [-0.39, 0.29) is 34.1 Å². The number of nitrogens with zero attached hydrogens (tertiary/aromatic N) is 1. The number of esters is 1. The van der Waals surface area contributed by atoms with Gasteiger partial charge in [-0.3, -0.25) is 9.59 Å². The Hall–Kier alpha value is -2.41. The van der Waals surface area contributed by atoms with E-state index in [1.165, 1.54) is 12.1 Å². The van der Waals surface area contributed by atoms with E-state index in [9.17, 15) is 18.0 Å². The summed E-state index contributed by atoms with van der Waals surface area (Å²) in [7, 11) is -3.53. The van der Waals surface area contributed by atoms with Gasteiger partial charge >= 0.3 is 5.97 Å². The first-order valence-corrected chi connectivity index (χ1v) is 11.2. The standard InChI is InChI=1S/C21H25NO5S/c1-4-28(25,26)19-10-6-5-8-16(19)20(23)18-12-11-17-15(9-7-13-22(17)18)21(24)27-14(2)3/h5-6,8,10-12,14-15H,4,7,9,13H2,1-3H3. The van der Waals surface area contributed by atoms with Gasteiger partial charge in [-0.25, -0.2) is 8.42 Å². The van der Waals surface area contributed by atoms with Crippen molar-refractivity contribution >= 4 is 21.6 Å². The molecule has 0 bridgehead atoms. The third-order valence-electron chi connectivity index (χ3n) is 4.96. The van der Waals surface area contributed by atoms with Crippen molar-refractivity contribution in [2.24, 2.45) is 0 Å². The van der Waals surface area contributed by atoms with Crippen LogP contribution >= 0.6 is 0 Å². The summed E-state index contributed by atoms with van der Waals surface area (Å²) in [6.45, 7) is 5.78. The molecule has 28 heavy (non-hydrogen) atoms. The Labute approximate surface area is 165 Å². The lowest BCUT2D eigenvalue weighted by molar-refractivity contribution is -0.149. The van der Waals surface area contributed by atoms with E-state index in [1.54, 1.807) is 45.0 Å². The molecule has 0 N–H and O–H groups in total. The van der Waals surface area contributed by atoms with Gasteiger partial charge in [-0.15, -0.1) is 0 Å². The second-order valence-electron chi connectivity index (χ2n) is 7.20. The van der Waals surface area contributed by atoms with Crippen LogP contribution in [0.25, 0.3) is 0 Å². The SMILES string of the molecule is CCS(=O)(=O)c1ccccc1C(=O)c1ccc2n1CCCC2C(=O)OC(C)C. The fourth-order valence-corrected chi connectivity index (χ4v) is 4.70. The fourth-order valence-electron chi connectivity index (χ4n) is 3.61. The van der Waals surface area contributed by atoms with Crippen molar-refractivity contribution in [1.29, 1.82) is 0 Å². The average Bonchev–Trinajstić information content (AvgIpc) is 3.11. The molecule has 1 aliphatic heterocycles. The zero-order valence-electron chi connectivity index (χ0n) is 16.3. The number of sulfone groups is 1. The molecule has 1 aromatic carbocycles. The minimum atomic E-state index is -3.53. The van der Waals surface area contributed by atoms with E-state index >= 15 is 0 Å². The quantitative estimate of drug-likeness (QED) is 0.546. The molecule has 0 saturated heterocycles. The first-order chi connectivity index (χ1) is 13.3. The van der Waals surface area contributed by atoms with Crippen LogP contribution in [0.2, 0.25) is 0 Å². The van der Waals surface area contributed by atoms with Crippen LogP contribution in [0.3, 0.4) is 0 Å². The molecule has 1 atom stereocenters. The van der Waals surface area contributed by atoms with Gasteiger partial charge in [-0.1, -0.05) is 19.1 Å². The van der Waals surface area contributed by atoms with Gasteiger partial charge in [0.2, 0.25) is 5.78 Å². The molecular formula is C21H25NO5S. The monoisotopic (exact) mass is 403 g/mol. The zero-order chi connectivity index (χ0) is 20.5. The average molecular weight is 404 g/mol. The van der Waals surface area contributed by atoms with Crippen LogP contribution < -0.4 is 0 Å². The molecule has 0 radical (unpaired) electrons. The predicted octanol–water partition coefficient (Wildman–Crippen LogP) is 3.34. The summed E-state index contributed by atoms with van der Waals surface area (Å²) in [6.07, 6.45) is 1.21. The van der Waals surface area contributed by atoms with Gasteiger partial charge in [0.05, 0.1) is 28.4 Å². The Kier molecular flexibility index (Phi) is 5.74. The number of rotatable bonds is 6. The first-order valence-electron chi connectivity index (χ1n) is 9.52. The second-order valence-corrected chi connectivity index (χ2v) is 9.45. The molecule has 1 aliphatic rings. The summed E-state index contributed by atoms with van der Waals surface area (Å²) in [5, 5.41) is 0. The smallest absolute Gasteiger partial charge is 0.315 e. The van der Waals surface area contributed by atoms with E-state index in [0.29, 0.717) is 18.7 Å². The molecule has 3 rings (SSSR count). The third kappa shape index (κ3) is 3.76. The summed E-state index contributed by atoms with van der Waals surface area (Å²) in [4.78, 5) is 25.7. The van der Waals surface area contributed by atoms with Crippen molar-refractivity contribution in [1.82, 2.24) is 4.57 Å². The molecule has 2 heterocycles. The minimum absolute atomic E-state index is 0.0460. The van der Waals surface area contributed by atoms with Crippen LogP contribution in [0.5, 0.6) is 0 Å². The van der Waals surface area contributed by atoms with Crippen LogP contribution in [0.15, 0.2) is 41.3 Å². The van der Waals surface area contributed by atoms with Crippen molar-refractivity contribution in [3.8, 4) is 0 Å². The van der Waals surface area contributed by atoms with Crippen LogP contribution in [-0.4, -0.2) is 36.6 Å². The van der Waals surface area contributed by atoms with E-state index in [4.69, 9.17) is 4.74 Å². The Bertz CT molecular complexity index is 1000. The first kappa shape index (κ1) is 20.3. The van der Waals surface area contributed by atoms with Crippen molar-refractivity contribution < 1.29 is 22.7 Å². The molecule has 0 amide bonds. The van der Waals surface area contributed by atoms with Gasteiger partial charge in [-0.05, 0) is 51.0 Å². The maximum absolute atomic E-state index is 13.2. The summed E-state index contributed by atoms with van der Waals surface area (Å²) in [5.74, 6) is -1.13.